The largest absolute Gasteiger partial charge is 0.463 e. The quantitative estimate of drug-likeness (QED) is 0.456. The zero-order chi connectivity index (χ0) is 20.7. The molecule has 29 heavy (non-hydrogen) atoms. The van der Waals surface area contributed by atoms with Gasteiger partial charge in [0, 0.05) is 6.54 Å². The number of aryl methyl sites for hydroxylation is 1. The Morgan fingerprint density at radius 2 is 1.79 bits per heavy atom. The normalized spacial score (nSPS) is 11.8. The summed E-state index contributed by atoms with van der Waals surface area (Å²) in [6, 6.07) is 19.0. The molecule has 0 aliphatic carbocycles. The highest BCUT2D eigenvalue weighted by atomic mass is 32.2. The first kappa shape index (κ1) is 20.5. The molecule has 0 spiro atoms. The lowest BCUT2D eigenvalue weighted by Gasteiger charge is -2.21. The van der Waals surface area contributed by atoms with Crippen molar-refractivity contribution in [1.82, 2.24) is 9.73 Å². The molecule has 7 nitrogen and oxygen atoms in total. The third-order valence-electron chi connectivity index (χ3n) is 4.10. The van der Waals surface area contributed by atoms with Crippen molar-refractivity contribution in [2.24, 2.45) is 5.10 Å². The molecule has 0 saturated carbocycles. The highest BCUT2D eigenvalue weighted by molar-refractivity contribution is 7.89. The third-order valence-corrected chi connectivity index (χ3v) is 5.91. The van der Waals surface area contributed by atoms with Crippen LogP contribution in [0.15, 0.2) is 87.4 Å². The summed E-state index contributed by atoms with van der Waals surface area (Å²) >= 11 is 0. The van der Waals surface area contributed by atoms with Crippen LogP contribution in [-0.4, -0.2) is 31.4 Å². The van der Waals surface area contributed by atoms with Gasteiger partial charge >= 0.3 is 0 Å². The van der Waals surface area contributed by atoms with Crippen LogP contribution in [0, 0.1) is 6.92 Å². The zero-order valence-corrected chi connectivity index (χ0v) is 16.7. The van der Waals surface area contributed by atoms with Gasteiger partial charge in [-0.3, -0.25) is 4.79 Å². The summed E-state index contributed by atoms with van der Waals surface area (Å²) in [5, 5.41) is 3.80. The molecule has 0 bridgehead atoms. The fourth-order valence-corrected chi connectivity index (χ4v) is 3.98. The van der Waals surface area contributed by atoms with E-state index in [9.17, 15) is 13.2 Å². The molecule has 3 aromatic rings. The molecule has 150 valence electrons. The van der Waals surface area contributed by atoms with E-state index in [1.54, 1.807) is 24.3 Å². The van der Waals surface area contributed by atoms with Crippen molar-refractivity contribution in [2.45, 2.75) is 18.4 Å². The van der Waals surface area contributed by atoms with Gasteiger partial charge in [-0.25, -0.2) is 13.8 Å². The number of hydrogen-bond acceptors (Lipinski definition) is 5. The van der Waals surface area contributed by atoms with Crippen molar-refractivity contribution in [3.8, 4) is 0 Å². The van der Waals surface area contributed by atoms with Crippen molar-refractivity contribution in [2.75, 3.05) is 6.54 Å². The molecule has 0 aliphatic heterocycles. The van der Waals surface area contributed by atoms with Crippen LogP contribution in [0.5, 0.6) is 0 Å². The first-order valence-electron chi connectivity index (χ1n) is 8.91. The van der Waals surface area contributed by atoms with Gasteiger partial charge in [-0.05, 0) is 36.8 Å². The Balaban J connectivity index is 1.78. The van der Waals surface area contributed by atoms with Gasteiger partial charge in [-0.15, -0.1) is 0 Å². The van der Waals surface area contributed by atoms with Crippen LogP contribution >= 0.6 is 0 Å². The van der Waals surface area contributed by atoms with Crippen LogP contribution in [0.3, 0.4) is 0 Å². The van der Waals surface area contributed by atoms with Gasteiger partial charge in [0.1, 0.15) is 5.76 Å². The number of hydrazone groups is 1. The van der Waals surface area contributed by atoms with Crippen LogP contribution < -0.4 is 5.43 Å². The molecule has 1 amide bonds. The molecular formula is C21H21N3O4S. The first-order valence-corrected chi connectivity index (χ1v) is 10.4. The monoisotopic (exact) mass is 411 g/mol. The number of nitrogens with one attached hydrogen (secondary N) is 1. The van der Waals surface area contributed by atoms with Crippen molar-refractivity contribution >= 4 is 22.1 Å². The number of hydrogen-bond donors (Lipinski definition) is 1. The molecule has 8 heteroatoms. The Morgan fingerprint density at radius 3 is 2.45 bits per heavy atom. The maximum Gasteiger partial charge on any atom is 0.255 e. The van der Waals surface area contributed by atoms with E-state index in [2.05, 4.69) is 10.5 Å². The predicted octanol–water partition coefficient (Wildman–Crippen LogP) is 2.93. The Morgan fingerprint density at radius 1 is 1.07 bits per heavy atom. The van der Waals surface area contributed by atoms with Gasteiger partial charge in [-0.2, -0.15) is 9.41 Å². The van der Waals surface area contributed by atoms with Crippen molar-refractivity contribution in [1.29, 1.82) is 0 Å². The molecule has 1 aromatic heterocycles. The first-order chi connectivity index (χ1) is 13.9. The number of sulfonamides is 1. The van der Waals surface area contributed by atoms with E-state index in [0.717, 1.165) is 15.4 Å². The van der Waals surface area contributed by atoms with Crippen molar-refractivity contribution in [3.05, 3.63) is 89.9 Å². The fourth-order valence-electron chi connectivity index (χ4n) is 2.60. The summed E-state index contributed by atoms with van der Waals surface area (Å²) in [6.07, 6.45) is 2.83. The summed E-state index contributed by atoms with van der Waals surface area (Å²) in [7, 11) is -3.88. The van der Waals surface area contributed by atoms with Gasteiger partial charge in [0.2, 0.25) is 10.0 Å². The highest BCUT2D eigenvalue weighted by Crippen LogP contribution is 2.19. The second-order valence-electron chi connectivity index (χ2n) is 6.38. The lowest BCUT2D eigenvalue weighted by Crippen LogP contribution is -2.39. The summed E-state index contributed by atoms with van der Waals surface area (Å²) in [5.74, 6) is -0.0851. The number of carbonyl (C=O) groups excluding carboxylic acids is 1. The predicted molar refractivity (Wildman–Crippen MR) is 110 cm³/mol. The van der Waals surface area contributed by atoms with E-state index < -0.39 is 15.9 Å². The SMILES string of the molecule is Cc1ccc(S(=O)(=O)N(CC(=O)N/N=C/c2ccco2)Cc2ccccc2)cc1. The molecule has 0 atom stereocenters. The molecule has 0 fully saturated rings. The third kappa shape index (κ3) is 5.63. The second kappa shape index (κ2) is 9.31. The molecule has 0 unspecified atom stereocenters. The van der Waals surface area contributed by atoms with Crippen LogP contribution in [0.25, 0.3) is 0 Å². The van der Waals surface area contributed by atoms with Crippen molar-refractivity contribution in [3.63, 3.8) is 0 Å². The van der Waals surface area contributed by atoms with E-state index >= 15 is 0 Å². The maximum absolute atomic E-state index is 13.1. The van der Waals surface area contributed by atoms with Gasteiger partial charge in [0.25, 0.3) is 5.91 Å². The Kier molecular flexibility index (Phi) is 6.58. The molecular weight excluding hydrogens is 390 g/mol. The second-order valence-corrected chi connectivity index (χ2v) is 8.32. The van der Waals surface area contributed by atoms with E-state index in [1.807, 2.05) is 37.3 Å². The molecule has 0 saturated heterocycles. The number of benzene rings is 2. The van der Waals surface area contributed by atoms with Gasteiger partial charge < -0.3 is 4.42 Å². The number of rotatable bonds is 8. The molecule has 1 heterocycles. The summed E-state index contributed by atoms with van der Waals surface area (Å²) < 4.78 is 32.5. The topological polar surface area (TPSA) is 92.0 Å². The van der Waals surface area contributed by atoms with Crippen molar-refractivity contribution < 1.29 is 17.6 Å². The van der Waals surface area contributed by atoms with Gasteiger partial charge in [0.05, 0.1) is 23.9 Å². The summed E-state index contributed by atoms with van der Waals surface area (Å²) in [5.41, 5.74) is 4.06. The average Bonchev–Trinajstić information content (AvgIpc) is 3.22. The van der Waals surface area contributed by atoms with Gasteiger partial charge in [0.15, 0.2) is 0 Å². The minimum absolute atomic E-state index is 0.0619. The standard InChI is InChI=1S/C21H21N3O4S/c1-17-9-11-20(12-10-17)29(26,27)24(15-18-6-3-2-4-7-18)16-21(25)23-22-14-19-8-5-13-28-19/h2-14H,15-16H2,1H3,(H,23,25)/b22-14+. The maximum atomic E-state index is 13.1. The number of amides is 1. The lowest BCUT2D eigenvalue weighted by atomic mass is 10.2. The number of carbonyl (C=O) groups is 1. The smallest absolute Gasteiger partial charge is 0.255 e. The van der Waals surface area contributed by atoms with Crippen LogP contribution in [-0.2, 0) is 21.4 Å². The van der Waals surface area contributed by atoms with Crippen LogP contribution in [0.1, 0.15) is 16.9 Å². The molecule has 3 rings (SSSR count). The number of nitrogens with zero attached hydrogens (tertiary/aromatic N) is 2. The molecule has 0 aliphatic rings. The van der Waals surface area contributed by atoms with Crippen LogP contribution in [0.2, 0.25) is 0 Å². The zero-order valence-electron chi connectivity index (χ0n) is 15.9. The summed E-state index contributed by atoms with van der Waals surface area (Å²) in [6.45, 7) is 1.57. The molecule has 2 aromatic carbocycles. The van der Waals surface area contributed by atoms with E-state index in [0.29, 0.717) is 5.76 Å². The average molecular weight is 411 g/mol. The van der Waals surface area contributed by atoms with E-state index in [-0.39, 0.29) is 18.0 Å². The lowest BCUT2D eigenvalue weighted by molar-refractivity contribution is -0.121. The van der Waals surface area contributed by atoms with Crippen LogP contribution in [0.4, 0.5) is 0 Å². The highest BCUT2D eigenvalue weighted by Gasteiger charge is 2.26. The minimum Gasteiger partial charge on any atom is -0.463 e. The van der Waals surface area contributed by atoms with Gasteiger partial charge in [-0.1, -0.05) is 48.0 Å². The molecule has 0 radical (unpaired) electrons. The Bertz CT molecular complexity index is 1060. The van der Waals surface area contributed by atoms with E-state index in [4.69, 9.17) is 4.42 Å². The number of furan rings is 1. The molecule has 1 N–H and O–H groups in total. The minimum atomic E-state index is -3.88. The fraction of sp³-hybridized carbons (Fsp3) is 0.143. The Labute approximate surface area is 169 Å². The summed E-state index contributed by atoms with van der Waals surface area (Å²) in [4.78, 5) is 12.5. The van der Waals surface area contributed by atoms with E-state index in [1.165, 1.54) is 24.6 Å². The Hall–Kier alpha value is -3.23.